The number of fused-ring (bicyclic) bond motifs is 1. The Labute approximate surface area is 111 Å². The van der Waals surface area contributed by atoms with Gasteiger partial charge in [0.05, 0.1) is 0 Å². The van der Waals surface area contributed by atoms with E-state index < -0.39 is 0 Å². The van der Waals surface area contributed by atoms with E-state index in [9.17, 15) is 4.79 Å². The Hall–Kier alpha value is -2.17. The number of rotatable bonds is 2. The van der Waals surface area contributed by atoms with Gasteiger partial charge in [0, 0.05) is 6.04 Å². The summed E-state index contributed by atoms with van der Waals surface area (Å²) < 4.78 is 0. The Kier molecular flexibility index (Phi) is 3.03. The van der Waals surface area contributed by atoms with E-state index in [0.717, 1.165) is 19.3 Å². The van der Waals surface area contributed by atoms with Crippen LogP contribution in [0.5, 0.6) is 0 Å². The molecule has 2 aromatic rings. The SMILES string of the molecule is Cc1nc(C(=O)NC2CCc3ccccc3C2)n[nH]1. The first kappa shape index (κ1) is 11.9. The highest BCUT2D eigenvalue weighted by Gasteiger charge is 2.21. The molecule has 1 aromatic carbocycles. The molecule has 0 bridgehead atoms. The lowest BCUT2D eigenvalue weighted by molar-refractivity contribution is 0.0923. The molecule has 5 heteroatoms. The number of carbonyl (C=O) groups excluding carboxylic acids is 1. The molecule has 5 nitrogen and oxygen atoms in total. The normalized spacial score (nSPS) is 17.8. The summed E-state index contributed by atoms with van der Waals surface area (Å²) in [6.07, 6.45) is 2.85. The molecule has 0 saturated carbocycles. The third-order valence-corrected chi connectivity index (χ3v) is 3.48. The molecular weight excluding hydrogens is 240 g/mol. The summed E-state index contributed by atoms with van der Waals surface area (Å²) in [4.78, 5) is 16.0. The third kappa shape index (κ3) is 2.50. The van der Waals surface area contributed by atoms with E-state index in [1.807, 2.05) is 6.07 Å². The van der Waals surface area contributed by atoms with Crippen LogP contribution in [-0.4, -0.2) is 27.1 Å². The van der Waals surface area contributed by atoms with Crippen LogP contribution < -0.4 is 5.32 Å². The Bertz CT molecular complexity index is 605. The maximum Gasteiger partial charge on any atom is 0.291 e. The number of benzene rings is 1. The average Bonchev–Trinajstić information content (AvgIpc) is 2.85. The van der Waals surface area contributed by atoms with Crippen molar-refractivity contribution in [2.45, 2.75) is 32.2 Å². The van der Waals surface area contributed by atoms with Gasteiger partial charge in [-0.15, -0.1) is 5.10 Å². The zero-order valence-corrected chi connectivity index (χ0v) is 10.8. The predicted octanol–water partition coefficient (Wildman–Crippen LogP) is 1.40. The summed E-state index contributed by atoms with van der Waals surface area (Å²) in [6, 6.07) is 8.56. The van der Waals surface area contributed by atoms with Crippen LogP contribution in [0.4, 0.5) is 0 Å². The number of aryl methyl sites for hydroxylation is 2. The quantitative estimate of drug-likeness (QED) is 0.853. The number of aromatic amines is 1. The number of aromatic nitrogens is 3. The monoisotopic (exact) mass is 256 g/mol. The highest BCUT2D eigenvalue weighted by molar-refractivity contribution is 5.90. The van der Waals surface area contributed by atoms with Crippen LogP contribution in [0, 0.1) is 6.92 Å². The lowest BCUT2D eigenvalue weighted by atomic mass is 9.88. The zero-order chi connectivity index (χ0) is 13.2. The number of nitrogens with one attached hydrogen (secondary N) is 2. The number of hydrogen-bond acceptors (Lipinski definition) is 3. The van der Waals surface area contributed by atoms with Gasteiger partial charge in [-0.2, -0.15) is 0 Å². The number of carbonyl (C=O) groups is 1. The van der Waals surface area contributed by atoms with Gasteiger partial charge in [0.1, 0.15) is 5.82 Å². The first-order valence-electron chi connectivity index (χ1n) is 6.49. The standard InChI is InChI=1S/C14H16N4O/c1-9-15-13(18-17-9)14(19)16-12-7-6-10-4-2-3-5-11(10)8-12/h2-5,12H,6-8H2,1H3,(H,16,19)(H,15,17,18). The number of nitrogens with zero attached hydrogens (tertiary/aromatic N) is 2. The van der Waals surface area contributed by atoms with Crippen molar-refractivity contribution in [3.8, 4) is 0 Å². The minimum absolute atomic E-state index is 0.168. The molecule has 98 valence electrons. The number of H-pyrrole nitrogens is 1. The summed E-state index contributed by atoms with van der Waals surface area (Å²) in [5.41, 5.74) is 2.71. The van der Waals surface area contributed by atoms with Crippen LogP contribution in [0.3, 0.4) is 0 Å². The first-order valence-corrected chi connectivity index (χ1v) is 6.49. The van der Waals surface area contributed by atoms with Gasteiger partial charge in [-0.05, 0) is 37.3 Å². The molecule has 19 heavy (non-hydrogen) atoms. The molecule has 0 saturated heterocycles. The maximum absolute atomic E-state index is 12.0. The summed E-state index contributed by atoms with van der Waals surface area (Å²) in [7, 11) is 0. The summed E-state index contributed by atoms with van der Waals surface area (Å²) in [6.45, 7) is 1.78. The summed E-state index contributed by atoms with van der Waals surface area (Å²) in [5, 5.41) is 9.56. The van der Waals surface area contributed by atoms with Crippen LogP contribution in [0.1, 0.15) is 34.0 Å². The van der Waals surface area contributed by atoms with Crippen LogP contribution in [0.15, 0.2) is 24.3 Å². The highest BCUT2D eigenvalue weighted by atomic mass is 16.2. The second kappa shape index (κ2) is 4.84. The van der Waals surface area contributed by atoms with Gasteiger partial charge in [0.2, 0.25) is 5.82 Å². The number of amides is 1. The molecule has 0 aliphatic heterocycles. The van der Waals surface area contributed by atoms with Crippen molar-refractivity contribution in [1.29, 1.82) is 0 Å². The second-order valence-corrected chi connectivity index (χ2v) is 4.93. The van der Waals surface area contributed by atoms with Crippen molar-refractivity contribution >= 4 is 5.91 Å². The van der Waals surface area contributed by atoms with Gasteiger partial charge in [0.15, 0.2) is 0 Å². The van der Waals surface area contributed by atoms with E-state index in [4.69, 9.17) is 0 Å². The van der Waals surface area contributed by atoms with E-state index in [-0.39, 0.29) is 17.8 Å². The molecule has 0 fully saturated rings. The molecule has 1 atom stereocenters. The van der Waals surface area contributed by atoms with Gasteiger partial charge >= 0.3 is 0 Å². The fraction of sp³-hybridized carbons (Fsp3) is 0.357. The predicted molar refractivity (Wildman–Crippen MR) is 70.8 cm³/mol. The third-order valence-electron chi connectivity index (χ3n) is 3.48. The first-order chi connectivity index (χ1) is 9.22. The van der Waals surface area contributed by atoms with Crippen molar-refractivity contribution in [1.82, 2.24) is 20.5 Å². The average molecular weight is 256 g/mol. The van der Waals surface area contributed by atoms with Gasteiger partial charge in [0.25, 0.3) is 5.91 Å². The topological polar surface area (TPSA) is 70.7 Å². The van der Waals surface area contributed by atoms with Crippen LogP contribution in [0.25, 0.3) is 0 Å². The van der Waals surface area contributed by atoms with Crippen molar-refractivity contribution in [3.63, 3.8) is 0 Å². The lowest BCUT2D eigenvalue weighted by Crippen LogP contribution is -2.39. The second-order valence-electron chi connectivity index (χ2n) is 4.93. The van der Waals surface area contributed by atoms with Crippen LogP contribution in [-0.2, 0) is 12.8 Å². The molecular formula is C14H16N4O. The van der Waals surface area contributed by atoms with Crippen molar-refractivity contribution < 1.29 is 4.79 Å². The van der Waals surface area contributed by atoms with Crippen LogP contribution >= 0.6 is 0 Å². The largest absolute Gasteiger partial charge is 0.346 e. The van der Waals surface area contributed by atoms with Gasteiger partial charge in [-0.3, -0.25) is 9.89 Å². The van der Waals surface area contributed by atoms with Crippen molar-refractivity contribution in [3.05, 3.63) is 47.0 Å². The maximum atomic E-state index is 12.0. The molecule has 1 amide bonds. The van der Waals surface area contributed by atoms with Gasteiger partial charge < -0.3 is 5.32 Å². The molecule has 1 aliphatic rings. The minimum atomic E-state index is -0.200. The Morgan fingerprint density at radius 1 is 1.37 bits per heavy atom. The molecule has 0 spiro atoms. The molecule has 1 aromatic heterocycles. The number of hydrogen-bond donors (Lipinski definition) is 2. The highest BCUT2D eigenvalue weighted by Crippen LogP contribution is 2.21. The van der Waals surface area contributed by atoms with Crippen LogP contribution in [0.2, 0.25) is 0 Å². The van der Waals surface area contributed by atoms with E-state index in [2.05, 4.69) is 38.7 Å². The fourth-order valence-corrected chi connectivity index (χ4v) is 2.52. The molecule has 0 radical (unpaired) electrons. The van der Waals surface area contributed by atoms with Gasteiger partial charge in [-0.25, -0.2) is 4.98 Å². The summed E-state index contributed by atoms with van der Waals surface area (Å²) in [5.74, 6) is 0.671. The Balaban J connectivity index is 1.68. The lowest BCUT2D eigenvalue weighted by Gasteiger charge is -2.24. The summed E-state index contributed by atoms with van der Waals surface area (Å²) >= 11 is 0. The molecule has 1 unspecified atom stereocenters. The Morgan fingerprint density at radius 3 is 2.89 bits per heavy atom. The molecule has 1 heterocycles. The molecule has 2 N–H and O–H groups in total. The van der Waals surface area contributed by atoms with E-state index in [1.54, 1.807) is 6.92 Å². The molecule has 3 rings (SSSR count). The Morgan fingerprint density at radius 2 is 2.16 bits per heavy atom. The van der Waals surface area contributed by atoms with Crippen molar-refractivity contribution in [2.75, 3.05) is 0 Å². The minimum Gasteiger partial charge on any atom is -0.346 e. The fourth-order valence-electron chi connectivity index (χ4n) is 2.52. The van der Waals surface area contributed by atoms with E-state index >= 15 is 0 Å². The van der Waals surface area contributed by atoms with Crippen molar-refractivity contribution in [2.24, 2.45) is 0 Å². The zero-order valence-electron chi connectivity index (χ0n) is 10.8. The van der Waals surface area contributed by atoms with E-state index in [0.29, 0.717) is 5.82 Å². The van der Waals surface area contributed by atoms with Gasteiger partial charge in [-0.1, -0.05) is 24.3 Å². The smallest absolute Gasteiger partial charge is 0.291 e. The molecule has 1 aliphatic carbocycles. The van der Waals surface area contributed by atoms with E-state index in [1.165, 1.54) is 11.1 Å².